The van der Waals surface area contributed by atoms with Crippen LogP contribution in [-0.4, -0.2) is 25.0 Å². The molecule has 1 aromatic rings. The molecule has 0 saturated heterocycles. The van der Waals surface area contributed by atoms with Crippen molar-refractivity contribution in [2.45, 2.75) is 13.0 Å². The number of benzene rings is 1. The molecule has 0 heterocycles. The number of nitrogens with one attached hydrogen (secondary N) is 3. The third kappa shape index (κ3) is 3.41. The molecule has 0 aliphatic carbocycles. The standard InChI is InChI=1S/C11H13F2N3O2/c1-6(10(17)16-11(18)14-2)15-8-5-3-4-7(12)9(8)13/h3-6,15H,1-2H3,(H2,14,16,17,18). The number of rotatable bonds is 3. The molecule has 0 fully saturated rings. The van der Waals surface area contributed by atoms with Crippen LogP contribution in [-0.2, 0) is 4.79 Å². The first-order valence-corrected chi connectivity index (χ1v) is 5.18. The van der Waals surface area contributed by atoms with Crippen LogP contribution in [0.2, 0.25) is 0 Å². The van der Waals surface area contributed by atoms with Gasteiger partial charge >= 0.3 is 6.03 Å². The van der Waals surface area contributed by atoms with Crippen LogP contribution in [0.3, 0.4) is 0 Å². The molecule has 98 valence electrons. The lowest BCUT2D eigenvalue weighted by Crippen LogP contribution is -2.44. The number of anilines is 1. The number of urea groups is 1. The van der Waals surface area contributed by atoms with Crippen molar-refractivity contribution in [3.8, 4) is 0 Å². The van der Waals surface area contributed by atoms with E-state index in [1.807, 2.05) is 5.32 Å². The Balaban J connectivity index is 2.69. The number of hydrogen-bond acceptors (Lipinski definition) is 3. The smallest absolute Gasteiger partial charge is 0.321 e. The van der Waals surface area contributed by atoms with Crippen molar-refractivity contribution in [3.05, 3.63) is 29.8 Å². The highest BCUT2D eigenvalue weighted by atomic mass is 19.2. The second-order valence-electron chi connectivity index (χ2n) is 3.54. The van der Waals surface area contributed by atoms with E-state index in [-0.39, 0.29) is 5.69 Å². The Labute approximate surface area is 103 Å². The second kappa shape index (κ2) is 5.95. The van der Waals surface area contributed by atoms with Gasteiger partial charge in [-0.15, -0.1) is 0 Å². The molecule has 0 aliphatic rings. The lowest BCUT2D eigenvalue weighted by Gasteiger charge is -2.15. The van der Waals surface area contributed by atoms with Crippen molar-refractivity contribution in [1.29, 1.82) is 0 Å². The Kier molecular flexibility index (Phi) is 4.59. The van der Waals surface area contributed by atoms with Crippen LogP contribution in [0.5, 0.6) is 0 Å². The molecule has 3 amide bonds. The first-order valence-electron chi connectivity index (χ1n) is 5.18. The first kappa shape index (κ1) is 13.9. The molecule has 1 aromatic carbocycles. The van der Waals surface area contributed by atoms with Gasteiger partial charge in [-0.25, -0.2) is 13.6 Å². The molecule has 18 heavy (non-hydrogen) atoms. The summed E-state index contributed by atoms with van der Waals surface area (Å²) >= 11 is 0. The normalized spacial score (nSPS) is 11.6. The van der Waals surface area contributed by atoms with Gasteiger partial charge < -0.3 is 10.6 Å². The summed E-state index contributed by atoms with van der Waals surface area (Å²) in [5.74, 6) is -2.74. The quantitative estimate of drug-likeness (QED) is 0.762. The summed E-state index contributed by atoms with van der Waals surface area (Å²) in [5, 5.41) is 6.69. The molecule has 0 aliphatic heterocycles. The molecule has 0 aromatic heterocycles. The highest BCUT2D eigenvalue weighted by Gasteiger charge is 2.17. The average Bonchev–Trinajstić information content (AvgIpc) is 2.34. The molecule has 0 radical (unpaired) electrons. The van der Waals surface area contributed by atoms with Gasteiger partial charge in [-0.05, 0) is 19.1 Å². The third-order valence-corrected chi connectivity index (χ3v) is 2.18. The number of hydrogen-bond donors (Lipinski definition) is 3. The van der Waals surface area contributed by atoms with Crippen molar-refractivity contribution >= 4 is 17.6 Å². The second-order valence-corrected chi connectivity index (χ2v) is 3.54. The van der Waals surface area contributed by atoms with E-state index < -0.39 is 29.6 Å². The Morgan fingerprint density at radius 1 is 1.28 bits per heavy atom. The van der Waals surface area contributed by atoms with E-state index in [2.05, 4.69) is 10.6 Å². The molecule has 0 bridgehead atoms. The zero-order valence-electron chi connectivity index (χ0n) is 9.88. The minimum atomic E-state index is -1.07. The van der Waals surface area contributed by atoms with Gasteiger partial charge in [0.1, 0.15) is 6.04 Å². The number of imide groups is 1. The monoisotopic (exact) mass is 257 g/mol. The molecule has 7 heteroatoms. The minimum Gasteiger partial charge on any atom is -0.371 e. The summed E-state index contributed by atoms with van der Waals surface area (Å²) in [5.41, 5.74) is -0.144. The predicted octanol–water partition coefficient (Wildman–Crippen LogP) is 1.22. The summed E-state index contributed by atoms with van der Waals surface area (Å²) < 4.78 is 26.2. The molecule has 1 atom stereocenters. The maximum absolute atomic E-state index is 13.3. The van der Waals surface area contributed by atoms with Crippen LogP contribution in [0.15, 0.2) is 18.2 Å². The predicted molar refractivity (Wildman–Crippen MR) is 62.0 cm³/mol. The molecule has 3 N–H and O–H groups in total. The van der Waals surface area contributed by atoms with Gasteiger partial charge in [-0.3, -0.25) is 10.1 Å². The van der Waals surface area contributed by atoms with Gasteiger partial charge in [-0.2, -0.15) is 0 Å². The van der Waals surface area contributed by atoms with Gasteiger partial charge in [0, 0.05) is 7.05 Å². The minimum absolute atomic E-state index is 0.144. The highest BCUT2D eigenvalue weighted by Crippen LogP contribution is 2.17. The number of amides is 3. The Bertz CT molecular complexity index is 466. The van der Waals surface area contributed by atoms with E-state index in [9.17, 15) is 18.4 Å². The number of halogens is 2. The van der Waals surface area contributed by atoms with E-state index in [0.29, 0.717) is 0 Å². The van der Waals surface area contributed by atoms with Crippen molar-refractivity contribution in [1.82, 2.24) is 10.6 Å². The first-order chi connectivity index (χ1) is 8.45. The summed E-state index contributed by atoms with van der Waals surface area (Å²) in [4.78, 5) is 22.4. The van der Waals surface area contributed by atoms with Crippen LogP contribution in [0.25, 0.3) is 0 Å². The Morgan fingerprint density at radius 2 is 1.94 bits per heavy atom. The van der Waals surface area contributed by atoms with Crippen molar-refractivity contribution in [2.24, 2.45) is 0 Å². The summed E-state index contributed by atoms with van der Waals surface area (Å²) in [6, 6.07) is 2.01. The van der Waals surface area contributed by atoms with E-state index in [1.54, 1.807) is 0 Å². The molecule has 0 spiro atoms. The topological polar surface area (TPSA) is 70.2 Å². The molecular weight excluding hydrogens is 244 g/mol. The maximum Gasteiger partial charge on any atom is 0.321 e. The van der Waals surface area contributed by atoms with Gasteiger partial charge in [0.05, 0.1) is 5.69 Å². The molecule has 1 rings (SSSR count). The van der Waals surface area contributed by atoms with E-state index in [1.165, 1.54) is 26.1 Å². The van der Waals surface area contributed by atoms with Gasteiger partial charge in [0.25, 0.3) is 0 Å². The third-order valence-electron chi connectivity index (χ3n) is 2.18. The van der Waals surface area contributed by atoms with Crippen molar-refractivity contribution < 1.29 is 18.4 Å². The lowest BCUT2D eigenvalue weighted by molar-refractivity contribution is -0.120. The maximum atomic E-state index is 13.3. The van der Waals surface area contributed by atoms with Gasteiger partial charge in [0.15, 0.2) is 11.6 Å². The van der Waals surface area contributed by atoms with Crippen molar-refractivity contribution in [3.63, 3.8) is 0 Å². The SMILES string of the molecule is CNC(=O)NC(=O)C(C)Nc1cccc(F)c1F. The Hall–Kier alpha value is -2.18. The Morgan fingerprint density at radius 3 is 2.56 bits per heavy atom. The van der Waals surface area contributed by atoms with Gasteiger partial charge in [-0.1, -0.05) is 6.07 Å². The fourth-order valence-electron chi connectivity index (χ4n) is 1.20. The van der Waals surface area contributed by atoms with Crippen LogP contribution < -0.4 is 16.0 Å². The molecule has 5 nitrogen and oxygen atoms in total. The summed E-state index contributed by atoms with van der Waals surface area (Å²) in [7, 11) is 1.35. The molecular formula is C11H13F2N3O2. The van der Waals surface area contributed by atoms with Gasteiger partial charge in [0.2, 0.25) is 5.91 Å². The van der Waals surface area contributed by atoms with Crippen LogP contribution >= 0.6 is 0 Å². The number of carbonyl (C=O) groups is 2. The molecule has 1 unspecified atom stereocenters. The van der Waals surface area contributed by atoms with Crippen LogP contribution in [0.4, 0.5) is 19.3 Å². The number of carbonyl (C=O) groups excluding carboxylic acids is 2. The highest BCUT2D eigenvalue weighted by molar-refractivity contribution is 5.97. The molecule has 0 saturated carbocycles. The fraction of sp³-hybridized carbons (Fsp3) is 0.273. The van der Waals surface area contributed by atoms with Crippen LogP contribution in [0.1, 0.15) is 6.92 Å². The van der Waals surface area contributed by atoms with E-state index in [4.69, 9.17) is 0 Å². The zero-order chi connectivity index (χ0) is 13.7. The summed E-state index contributed by atoms with van der Waals surface area (Å²) in [6.45, 7) is 1.42. The van der Waals surface area contributed by atoms with E-state index in [0.717, 1.165) is 6.07 Å². The zero-order valence-corrected chi connectivity index (χ0v) is 9.88. The van der Waals surface area contributed by atoms with Crippen LogP contribution in [0, 0.1) is 11.6 Å². The average molecular weight is 257 g/mol. The largest absolute Gasteiger partial charge is 0.371 e. The summed E-state index contributed by atoms with van der Waals surface area (Å²) in [6.07, 6.45) is 0. The fourth-order valence-corrected chi connectivity index (χ4v) is 1.20. The van der Waals surface area contributed by atoms with Crippen molar-refractivity contribution in [2.75, 3.05) is 12.4 Å². The van der Waals surface area contributed by atoms with E-state index >= 15 is 0 Å². The lowest BCUT2D eigenvalue weighted by atomic mass is 10.2.